The van der Waals surface area contributed by atoms with Crippen molar-refractivity contribution in [2.24, 2.45) is 23.3 Å². The summed E-state index contributed by atoms with van der Waals surface area (Å²) in [5, 5.41) is 29.1. The van der Waals surface area contributed by atoms with E-state index in [2.05, 4.69) is 37.2 Å². The Kier molecular flexibility index (Phi) is 59.8. The zero-order valence-electron chi connectivity index (χ0n) is 61.3. The van der Waals surface area contributed by atoms with Gasteiger partial charge in [0.25, 0.3) is 12.9 Å². The number of primary amides is 2. The number of carbonyl (C=O) groups is 13. The van der Waals surface area contributed by atoms with Crippen LogP contribution in [0.3, 0.4) is 0 Å². The van der Waals surface area contributed by atoms with Crippen LogP contribution < -0.4 is 48.7 Å². The Labute approximate surface area is 610 Å². The molecule has 0 spiro atoms. The lowest BCUT2D eigenvalue weighted by atomic mass is 9.95. The molecule has 104 heavy (non-hydrogen) atoms. The van der Waals surface area contributed by atoms with E-state index < -0.39 is 23.8 Å². The van der Waals surface area contributed by atoms with Crippen LogP contribution in [0.15, 0.2) is 0 Å². The van der Waals surface area contributed by atoms with E-state index in [1.165, 1.54) is 0 Å². The molecule has 0 aromatic rings. The molecule has 1 aliphatic rings. The van der Waals surface area contributed by atoms with Crippen LogP contribution in [0.25, 0.3) is 0 Å². The van der Waals surface area contributed by atoms with Crippen molar-refractivity contribution in [3.8, 4) is 0 Å². The number of carbonyl (C=O) groups excluding carboxylic acids is 12. The Morgan fingerprint density at radius 1 is 0.413 bits per heavy atom. The number of ketones is 2. The summed E-state index contributed by atoms with van der Waals surface area (Å²) >= 11 is 0. The lowest BCUT2D eigenvalue weighted by molar-refractivity contribution is -0.139. The van der Waals surface area contributed by atoms with E-state index in [0.717, 1.165) is 12.8 Å². The molecule has 1 rings (SSSR count). The number of likely N-dealkylation sites (N-methyl/N-ethyl adjacent to an activating group) is 1. The number of nitrogens with two attached hydrogens (primary N) is 2. The molecule has 1 saturated heterocycles. The third-order valence-electron chi connectivity index (χ3n) is 16.1. The summed E-state index contributed by atoms with van der Waals surface area (Å²) in [6, 6.07) is -0.489. The third kappa shape index (κ3) is 56.4. The first-order valence-electron chi connectivity index (χ1n) is 36.0. The monoisotopic (exact) mass is 1490 g/mol. The molecule has 1 fully saturated rings. The Hall–Kier alpha value is -7.01. The predicted molar refractivity (Wildman–Crippen MR) is 375 cm³/mol. The molecule has 37 nitrogen and oxygen atoms in total. The Morgan fingerprint density at radius 3 is 1.34 bits per heavy atom. The van der Waals surface area contributed by atoms with Crippen molar-refractivity contribution in [1.82, 2.24) is 56.8 Å². The summed E-state index contributed by atoms with van der Waals surface area (Å²) in [6.07, 6.45) is 7.04. The van der Waals surface area contributed by atoms with E-state index in [1.54, 1.807) is 11.9 Å². The molecule has 0 saturated carbocycles. The summed E-state index contributed by atoms with van der Waals surface area (Å²) in [4.78, 5) is 164. The van der Waals surface area contributed by atoms with Crippen molar-refractivity contribution in [1.29, 1.82) is 0 Å². The van der Waals surface area contributed by atoms with E-state index in [4.69, 9.17) is 58.8 Å². The molecule has 0 unspecified atom stereocenters. The molecule has 0 aromatic heterocycles. The SMILES string of the molecule is CC[C@@H](CCCCNC(=O)COCCOCCNC(=O)COCCOCCNC(=O)CCCC(=O)NCCCC[C@H](CC(=O)COCOCCCC(=O)COCCOCCNC(=O)CN1CCN(COC=O)CCN(COC=O)CCN(CC(=O)O)CC1)C(=O)NCCCC[C@H](NC)C(N)=O)C(N)=O. The number of carboxylic acid groups (broad SMARTS) is 1. The zero-order chi connectivity index (χ0) is 76.5. The molecule has 3 atom stereocenters. The number of nitrogens with zero attached hydrogens (tertiary/aromatic N) is 4. The van der Waals surface area contributed by atoms with Gasteiger partial charge in [-0.1, -0.05) is 19.8 Å². The van der Waals surface area contributed by atoms with Crippen molar-refractivity contribution < 1.29 is 115 Å². The highest BCUT2D eigenvalue weighted by Crippen LogP contribution is 2.16. The van der Waals surface area contributed by atoms with E-state index >= 15 is 0 Å². The molecule has 1 aliphatic heterocycles. The molecule has 0 bridgehead atoms. The highest BCUT2D eigenvalue weighted by atomic mass is 16.7. The second-order valence-electron chi connectivity index (χ2n) is 24.6. The average Bonchev–Trinajstić information content (AvgIpc) is 0.940. The van der Waals surface area contributed by atoms with Gasteiger partial charge in [0.1, 0.15) is 46.7 Å². The normalized spacial score (nSPS) is 14.3. The molecule has 8 amide bonds. The van der Waals surface area contributed by atoms with Crippen molar-refractivity contribution in [2.45, 2.75) is 116 Å². The number of Topliss-reactive ketones (excluding diaryl/α,β-unsaturated/α-hetero) is 2. The van der Waals surface area contributed by atoms with Gasteiger partial charge >= 0.3 is 5.97 Å². The summed E-state index contributed by atoms with van der Waals surface area (Å²) in [6.45, 7) is 8.52. The molecular formula is C67H121N13O24. The number of amides is 8. The van der Waals surface area contributed by atoms with E-state index in [9.17, 15) is 67.4 Å². The molecule has 0 aromatic carbocycles. The largest absolute Gasteiger partial charge is 0.480 e. The van der Waals surface area contributed by atoms with Crippen LogP contribution in [0.5, 0.6) is 0 Å². The first kappa shape index (κ1) is 95.0. The summed E-state index contributed by atoms with van der Waals surface area (Å²) in [5.41, 5.74) is 10.8. The van der Waals surface area contributed by atoms with Crippen LogP contribution in [0, 0.1) is 11.8 Å². The summed E-state index contributed by atoms with van der Waals surface area (Å²) in [7, 11) is 1.64. The van der Waals surface area contributed by atoms with Crippen LogP contribution >= 0.6 is 0 Å². The van der Waals surface area contributed by atoms with Gasteiger partial charge in [-0.3, -0.25) is 81.9 Å². The van der Waals surface area contributed by atoms with E-state index in [1.807, 2.05) is 21.6 Å². The highest BCUT2D eigenvalue weighted by Gasteiger charge is 2.24. The van der Waals surface area contributed by atoms with Gasteiger partial charge in [-0.2, -0.15) is 0 Å². The van der Waals surface area contributed by atoms with Crippen molar-refractivity contribution in [2.75, 3.05) is 225 Å². The Bertz CT molecular complexity index is 2410. The summed E-state index contributed by atoms with van der Waals surface area (Å²) < 4.78 is 53.3. The van der Waals surface area contributed by atoms with Gasteiger partial charge < -0.3 is 101 Å². The lowest BCUT2D eigenvalue weighted by Gasteiger charge is -2.33. The van der Waals surface area contributed by atoms with Gasteiger partial charge in [-0.05, 0) is 71.3 Å². The van der Waals surface area contributed by atoms with Gasteiger partial charge in [0.05, 0.1) is 78.6 Å². The molecule has 0 aliphatic carbocycles. The highest BCUT2D eigenvalue weighted by molar-refractivity contribution is 5.87. The molecule has 598 valence electrons. The number of nitrogens with one attached hydrogen (secondary N) is 7. The molecule has 0 radical (unpaired) electrons. The number of unbranched alkanes of at least 4 members (excludes halogenated alkanes) is 3. The van der Waals surface area contributed by atoms with Gasteiger partial charge in [0.2, 0.25) is 47.3 Å². The maximum absolute atomic E-state index is 13.3. The van der Waals surface area contributed by atoms with Gasteiger partial charge in [-0.25, -0.2) is 0 Å². The number of hydrogen-bond donors (Lipinski definition) is 10. The average molecular weight is 1490 g/mol. The standard InChI is InChI=1S/C67H121N13O24/c1-3-54(65(68)92)12-4-7-19-72-62(88)47-99-40-38-97-35-23-75-63(89)48-100-41-37-95-33-21-73-60(86)17-10-16-59(85)71-18-8-5-13-55(67(94)76-20-9-6-15-58(70-2)66(69)93)42-57(84)46-102-53-101-32-11-14-56(83)45-98-39-36-96-34-22-74-61(87)43-77-24-25-78(44-64(90)91)27-29-80(50-104-52-82)31-30-79(28-26-77)49-103-51-81/h51-52,54-55,58,70H,3-50,53H2,1-2H3,(H2,68,92)(H2,69,93)(H,71,85)(H,72,88)(H,73,86)(H,74,87)(H,75,89)(H,76,94)(H,90,91)/t54-,55+,58-/m0/s1. The van der Waals surface area contributed by atoms with Crippen molar-refractivity contribution >= 4 is 77.7 Å². The van der Waals surface area contributed by atoms with Crippen LogP contribution in [-0.4, -0.2) is 333 Å². The second kappa shape index (κ2) is 65.5. The van der Waals surface area contributed by atoms with Crippen molar-refractivity contribution in [3.63, 3.8) is 0 Å². The van der Waals surface area contributed by atoms with Gasteiger partial charge in [0.15, 0.2) is 11.6 Å². The van der Waals surface area contributed by atoms with Gasteiger partial charge in [-0.15, -0.1) is 0 Å². The Morgan fingerprint density at radius 2 is 0.846 bits per heavy atom. The minimum atomic E-state index is -1.00. The number of rotatable bonds is 68. The van der Waals surface area contributed by atoms with Crippen LogP contribution in [0.4, 0.5) is 0 Å². The topological polar surface area (TPSA) is 484 Å². The quantitative estimate of drug-likeness (QED) is 0.0161. The zero-order valence-corrected chi connectivity index (χ0v) is 61.3. The number of hydrogen-bond acceptors (Lipinski definition) is 28. The van der Waals surface area contributed by atoms with E-state index in [-0.39, 0.29) is 230 Å². The number of aliphatic carboxylic acids is 1. The molecular weight excluding hydrogens is 1370 g/mol. The minimum absolute atomic E-state index is 0.0178. The first-order chi connectivity index (χ1) is 50.3. The number of ether oxygens (including phenoxy) is 10. The maximum atomic E-state index is 13.3. The molecule has 12 N–H and O–H groups in total. The van der Waals surface area contributed by atoms with Crippen LogP contribution in [0.1, 0.15) is 110 Å². The lowest BCUT2D eigenvalue weighted by Crippen LogP contribution is -2.49. The fraction of sp³-hybridized carbons (Fsp3) is 0.806. The minimum Gasteiger partial charge on any atom is -0.480 e. The molecule has 37 heteroatoms. The fourth-order valence-corrected chi connectivity index (χ4v) is 10.2. The second-order valence-corrected chi connectivity index (χ2v) is 24.6. The summed E-state index contributed by atoms with van der Waals surface area (Å²) in [5.74, 6) is -4.70. The van der Waals surface area contributed by atoms with Crippen molar-refractivity contribution in [3.05, 3.63) is 0 Å². The fourth-order valence-electron chi connectivity index (χ4n) is 10.2. The van der Waals surface area contributed by atoms with Gasteiger partial charge in [0, 0.05) is 136 Å². The predicted octanol–water partition coefficient (Wildman–Crippen LogP) is -3.47. The Balaban J connectivity index is 2.28. The first-order valence-corrected chi connectivity index (χ1v) is 36.0. The van der Waals surface area contributed by atoms with E-state index in [0.29, 0.717) is 149 Å². The molecule has 1 heterocycles. The maximum Gasteiger partial charge on any atom is 0.317 e. The van der Waals surface area contributed by atoms with Crippen LogP contribution in [0.2, 0.25) is 0 Å². The third-order valence-corrected chi connectivity index (χ3v) is 16.1. The van der Waals surface area contributed by atoms with Crippen LogP contribution in [-0.2, 0) is 110 Å². The number of carboxylic acids is 1. The smallest absolute Gasteiger partial charge is 0.317 e.